The van der Waals surface area contributed by atoms with Gasteiger partial charge in [-0.05, 0) is 54.6 Å². The fraction of sp³-hybridized carbons (Fsp3) is 0.111. The van der Waals surface area contributed by atoms with Crippen LogP contribution in [0, 0.1) is 6.92 Å². The predicted octanol–water partition coefficient (Wildman–Crippen LogP) is 5.95. The van der Waals surface area contributed by atoms with Crippen LogP contribution in [0.5, 0.6) is 0 Å². The first-order valence-electron chi connectivity index (χ1n) is 11.3. The lowest BCUT2D eigenvalue weighted by molar-refractivity contribution is -0.117. The number of hydrogen-bond donors (Lipinski definition) is 3. The molecule has 0 fully saturated rings. The summed E-state index contributed by atoms with van der Waals surface area (Å²) >= 11 is 1.58. The van der Waals surface area contributed by atoms with Gasteiger partial charge in [-0.1, -0.05) is 24.3 Å². The number of Topliss-reactive ketones (excluding diaryl/α,β-unsaturated/α-hetero) is 1. The quantitative estimate of drug-likeness (QED) is 0.269. The Morgan fingerprint density at radius 2 is 1.78 bits per heavy atom. The second-order valence-corrected chi connectivity index (χ2v) is 9.44. The third-order valence-electron chi connectivity index (χ3n) is 5.68. The molecule has 0 aliphatic heterocycles. The fourth-order valence-corrected chi connectivity index (χ4v) is 5.17. The second-order valence-electron chi connectivity index (χ2n) is 8.57. The summed E-state index contributed by atoms with van der Waals surface area (Å²) in [5.41, 5.74) is 12.5. The number of nitrogens with zero attached hydrogens (tertiary/aromatic N) is 3. The van der Waals surface area contributed by atoms with E-state index >= 15 is 0 Å². The molecular formula is C27H24N6O2S. The van der Waals surface area contributed by atoms with Gasteiger partial charge in [-0.2, -0.15) is 5.10 Å². The monoisotopic (exact) mass is 496 g/mol. The molecule has 4 N–H and O–H groups in total. The minimum Gasteiger partial charge on any atom is -0.383 e. The predicted molar refractivity (Wildman–Crippen MR) is 145 cm³/mol. The van der Waals surface area contributed by atoms with Crippen molar-refractivity contribution in [1.29, 1.82) is 0 Å². The van der Waals surface area contributed by atoms with Crippen LogP contribution >= 0.6 is 11.3 Å². The summed E-state index contributed by atoms with van der Waals surface area (Å²) in [5, 5.41) is 12.9. The number of aromatic nitrogens is 3. The van der Waals surface area contributed by atoms with Crippen LogP contribution in [0.15, 0.2) is 72.5 Å². The maximum absolute atomic E-state index is 12.4. The summed E-state index contributed by atoms with van der Waals surface area (Å²) in [4.78, 5) is 28.3. The zero-order valence-corrected chi connectivity index (χ0v) is 20.6. The van der Waals surface area contributed by atoms with Crippen molar-refractivity contribution in [3.05, 3.63) is 78.1 Å². The molecule has 0 atom stereocenters. The van der Waals surface area contributed by atoms with Crippen LogP contribution in [0.3, 0.4) is 0 Å². The van der Waals surface area contributed by atoms with E-state index in [1.165, 1.54) is 6.92 Å². The molecule has 9 heteroatoms. The summed E-state index contributed by atoms with van der Waals surface area (Å²) in [6.07, 6.45) is 5.32. The van der Waals surface area contributed by atoms with Crippen molar-refractivity contribution in [3.8, 4) is 22.3 Å². The van der Waals surface area contributed by atoms with Gasteiger partial charge in [-0.15, -0.1) is 11.3 Å². The first kappa shape index (κ1) is 23.3. The number of ketones is 1. The fourth-order valence-electron chi connectivity index (χ4n) is 4.05. The number of fused-ring (bicyclic) bond motifs is 1. The van der Waals surface area contributed by atoms with Gasteiger partial charge in [0.25, 0.3) is 0 Å². The van der Waals surface area contributed by atoms with E-state index in [1.54, 1.807) is 28.4 Å². The van der Waals surface area contributed by atoms with Crippen molar-refractivity contribution < 1.29 is 9.59 Å². The Morgan fingerprint density at radius 3 is 2.53 bits per heavy atom. The van der Waals surface area contributed by atoms with Gasteiger partial charge < -0.3 is 16.4 Å². The molecule has 0 bridgehead atoms. The molecule has 3 heterocycles. The van der Waals surface area contributed by atoms with E-state index in [-0.39, 0.29) is 18.4 Å². The molecule has 2 amide bonds. The van der Waals surface area contributed by atoms with E-state index in [0.717, 1.165) is 43.6 Å². The highest BCUT2D eigenvalue weighted by molar-refractivity contribution is 7.18. The molecule has 0 radical (unpaired) electrons. The lowest BCUT2D eigenvalue weighted by Gasteiger charge is -2.09. The number of carbonyl (C=O) groups is 2. The molecule has 180 valence electrons. The average molecular weight is 497 g/mol. The lowest BCUT2D eigenvalue weighted by atomic mass is 10.0. The van der Waals surface area contributed by atoms with Crippen molar-refractivity contribution in [2.45, 2.75) is 20.4 Å². The Labute approximate surface area is 211 Å². The zero-order chi connectivity index (χ0) is 25.2. The van der Waals surface area contributed by atoms with Crippen LogP contribution < -0.4 is 16.4 Å². The minimum atomic E-state index is -0.308. The number of thiophene rings is 1. The lowest BCUT2D eigenvalue weighted by Crippen LogP contribution is -2.19. The van der Waals surface area contributed by atoms with Crippen molar-refractivity contribution in [1.82, 2.24) is 14.8 Å². The van der Waals surface area contributed by atoms with Crippen LogP contribution in [0.1, 0.15) is 12.5 Å². The average Bonchev–Trinajstić information content (AvgIpc) is 3.48. The Bertz CT molecular complexity index is 1590. The summed E-state index contributed by atoms with van der Waals surface area (Å²) in [6, 6.07) is 14.9. The minimum absolute atomic E-state index is 0.0363. The third kappa shape index (κ3) is 4.82. The number of urea groups is 1. The van der Waals surface area contributed by atoms with Crippen molar-refractivity contribution in [3.63, 3.8) is 0 Å². The van der Waals surface area contributed by atoms with Crippen LogP contribution in [0.2, 0.25) is 0 Å². The molecule has 0 unspecified atom stereocenters. The van der Waals surface area contributed by atoms with E-state index < -0.39 is 0 Å². The van der Waals surface area contributed by atoms with Crippen molar-refractivity contribution in [2.75, 3.05) is 16.4 Å². The maximum atomic E-state index is 12.4. The van der Waals surface area contributed by atoms with Crippen LogP contribution in [-0.2, 0) is 11.3 Å². The number of nitrogens with one attached hydrogen (secondary N) is 2. The first-order chi connectivity index (χ1) is 17.4. The van der Waals surface area contributed by atoms with E-state index in [2.05, 4.69) is 26.1 Å². The largest absolute Gasteiger partial charge is 0.383 e. The van der Waals surface area contributed by atoms with Gasteiger partial charge in [0.1, 0.15) is 5.82 Å². The van der Waals surface area contributed by atoms with Crippen LogP contribution in [0.4, 0.5) is 22.0 Å². The number of rotatable bonds is 6. The van der Waals surface area contributed by atoms with Gasteiger partial charge in [0, 0.05) is 50.5 Å². The number of nitrogen functional groups attached to an aromatic ring is 1. The summed E-state index contributed by atoms with van der Waals surface area (Å²) in [6.45, 7) is 3.74. The molecule has 0 aliphatic carbocycles. The SMILES string of the molecule is CC(=O)Cn1cc(-c2cnc(N)c3c(-c4ccc(NC(=O)Nc5cccc(C)c5)cc4)csc23)cn1. The molecular weight excluding hydrogens is 472 g/mol. The maximum Gasteiger partial charge on any atom is 0.323 e. The highest BCUT2D eigenvalue weighted by Gasteiger charge is 2.16. The number of amides is 2. The Morgan fingerprint density at radius 1 is 1.00 bits per heavy atom. The number of aryl methyl sites for hydroxylation is 1. The molecule has 0 saturated heterocycles. The van der Waals surface area contributed by atoms with Crippen LogP contribution in [0.25, 0.3) is 32.3 Å². The molecule has 0 spiro atoms. The highest BCUT2D eigenvalue weighted by Crippen LogP contribution is 2.41. The van der Waals surface area contributed by atoms with E-state index in [0.29, 0.717) is 11.5 Å². The number of anilines is 3. The Kier molecular flexibility index (Phi) is 6.22. The molecule has 3 aromatic heterocycles. The number of nitrogens with two attached hydrogens (primary N) is 1. The number of pyridine rings is 1. The Balaban J connectivity index is 1.39. The molecule has 36 heavy (non-hydrogen) atoms. The zero-order valence-electron chi connectivity index (χ0n) is 19.8. The molecule has 8 nitrogen and oxygen atoms in total. The van der Waals surface area contributed by atoms with E-state index in [1.807, 2.05) is 61.7 Å². The van der Waals surface area contributed by atoms with Gasteiger partial charge in [-0.25, -0.2) is 9.78 Å². The van der Waals surface area contributed by atoms with Crippen molar-refractivity contribution >= 4 is 50.4 Å². The summed E-state index contributed by atoms with van der Waals surface area (Å²) in [5.74, 6) is 0.482. The van der Waals surface area contributed by atoms with Gasteiger partial charge in [0.2, 0.25) is 0 Å². The summed E-state index contributed by atoms with van der Waals surface area (Å²) in [7, 11) is 0. The highest BCUT2D eigenvalue weighted by atomic mass is 32.1. The van der Waals surface area contributed by atoms with E-state index in [9.17, 15) is 9.59 Å². The van der Waals surface area contributed by atoms with Crippen molar-refractivity contribution in [2.24, 2.45) is 0 Å². The third-order valence-corrected chi connectivity index (χ3v) is 6.70. The summed E-state index contributed by atoms with van der Waals surface area (Å²) < 4.78 is 2.62. The van der Waals surface area contributed by atoms with Gasteiger partial charge in [0.05, 0.1) is 12.7 Å². The molecule has 5 aromatic rings. The van der Waals surface area contributed by atoms with E-state index in [4.69, 9.17) is 5.73 Å². The van der Waals surface area contributed by atoms with Gasteiger partial charge in [-0.3, -0.25) is 9.48 Å². The smallest absolute Gasteiger partial charge is 0.323 e. The van der Waals surface area contributed by atoms with Crippen LogP contribution in [-0.4, -0.2) is 26.6 Å². The normalized spacial score (nSPS) is 10.9. The number of hydrogen-bond acceptors (Lipinski definition) is 6. The molecule has 5 rings (SSSR count). The molecule has 0 saturated carbocycles. The number of benzene rings is 2. The van der Waals surface area contributed by atoms with Gasteiger partial charge in [0.15, 0.2) is 5.78 Å². The topological polar surface area (TPSA) is 115 Å². The number of carbonyl (C=O) groups excluding carboxylic acids is 2. The molecule has 0 aliphatic rings. The standard InChI is InChI=1S/C27H24N6O2S/c1-16-4-3-5-21(10-16)32-27(35)31-20-8-6-18(7-9-20)23-15-36-25-22(12-29-26(28)24(23)25)19-11-30-33(14-19)13-17(2)34/h3-12,14-15H,13H2,1-2H3,(H2,28,29)(H2,31,32,35). The second kappa shape index (κ2) is 9.63. The first-order valence-corrected chi connectivity index (χ1v) is 12.2. The van der Waals surface area contributed by atoms with Gasteiger partial charge >= 0.3 is 6.03 Å². The molecule has 2 aromatic carbocycles. The Hall–Kier alpha value is -4.50.